The number of hydrogen-bond acceptors (Lipinski definition) is 3. The summed E-state index contributed by atoms with van der Waals surface area (Å²) in [4.78, 5) is 6.42. The summed E-state index contributed by atoms with van der Waals surface area (Å²) in [5.74, 6) is 1.41. The third-order valence-corrected chi connectivity index (χ3v) is 3.04. The third-order valence-electron chi connectivity index (χ3n) is 2.32. The minimum absolute atomic E-state index is 0.178. The van der Waals surface area contributed by atoms with Crippen LogP contribution in [0.4, 0.5) is 5.82 Å². The number of nitrogens with two attached hydrogens (primary N) is 1. The van der Waals surface area contributed by atoms with Gasteiger partial charge in [-0.3, -0.25) is 5.41 Å². The van der Waals surface area contributed by atoms with E-state index in [0.717, 1.165) is 16.8 Å². The Labute approximate surface area is 121 Å². The molecule has 0 aliphatic rings. The van der Waals surface area contributed by atoms with Crippen molar-refractivity contribution in [3.05, 3.63) is 21.8 Å². The van der Waals surface area contributed by atoms with Gasteiger partial charge in [-0.15, -0.1) is 0 Å². The van der Waals surface area contributed by atoms with Gasteiger partial charge in [-0.25, -0.2) is 4.98 Å². The molecule has 0 amide bonds. The molecule has 0 bridgehead atoms. The lowest BCUT2D eigenvalue weighted by atomic mass is 10.2. The molecule has 0 aromatic carbocycles. The maximum Gasteiger partial charge on any atom is 0.147 e. The summed E-state index contributed by atoms with van der Waals surface area (Å²) >= 11 is 9.54. The van der Waals surface area contributed by atoms with Gasteiger partial charge in [-0.05, 0) is 27.9 Å². The zero-order valence-electron chi connectivity index (χ0n) is 10.6. The highest BCUT2D eigenvalue weighted by molar-refractivity contribution is 9.10. The maximum absolute atomic E-state index is 7.31. The second kappa shape index (κ2) is 6.95. The molecule has 100 valence electrons. The SMILES string of the molecule is CC(C)CN(CCC(=N)N)c1ncc(Br)cc1Cl. The lowest BCUT2D eigenvalue weighted by Gasteiger charge is -2.26. The second-order valence-electron chi connectivity index (χ2n) is 4.57. The maximum atomic E-state index is 7.31. The molecule has 0 aliphatic carbocycles. The van der Waals surface area contributed by atoms with Crippen LogP contribution in [0.3, 0.4) is 0 Å². The molecule has 1 aromatic heterocycles. The number of aromatic nitrogens is 1. The average Bonchev–Trinajstić information content (AvgIpc) is 2.24. The number of pyridine rings is 1. The smallest absolute Gasteiger partial charge is 0.147 e. The monoisotopic (exact) mass is 332 g/mol. The molecule has 0 unspecified atom stereocenters. The molecular formula is C12H18BrClN4. The van der Waals surface area contributed by atoms with Gasteiger partial charge in [-0.2, -0.15) is 0 Å². The Hall–Kier alpha value is -0.810. The standard InChI is InChI=1S/C12H18BrClN4/c1-8(2)7-18(4-3-11(15)16)12-10(14)5-9(13)6-17-12/h5-6,8H,3-4,7H2,1-2H3,(H3,15,16). The molecular weight excluding hydrogens is 316 g/mol. The molecule has 0 atom stereocenters. The predicted molar refractivity (Wildman–Crippen MR) is 80.5 cm³/mol. The number of hydrogen-bond donors (Lipinski definition) is 2. The van der Waals surface area contributed by atoms with Crippen LogP contribution in [0.25, 0.3) is 0 Å². The van der Waals surface area contributed by atoms with E-state index in [1.54, 1.807) is 6.20 Å². The summed E-state index contributed by atoms with van der Waals surface area (Å²) in [5, 5.41) is 7.92. The van der Waals surface area contributed by atoms with E-state index in [4.69, 9.17) is 22.7 Å². The molecule has 1 aromatic rings. The first-order chi connectivity index (χ1) is 8.40. The molecule has 0 aliphatic heterocycles. The van der Waals surface area contributed by atoms with Crippen molar-refractivity contribution in [2.24, 2.45) is 11.7 Å². The van der Waals surface area contributed by atoms with E-state index in [-0.39, 0.29) is 5.84 Å². The van der Waals surface area contributed by atoms with Crippen LogP contribution < -0.4 is 10.6 Å². The highest BCUT2D eigenvalue weighted by Crippen LogP contribution is 2.26. The molecule has 3 N–H and O–H groups in total. The molecule has 0 spiro atoms. The molecule has 1 heterocycles. The van der Waals surface area contributed by atoms with Crippen LogP contribution in [0, 0.1) is 11.3 Å². The first-order valence-corrected chi connectivity index (χ1v) is 6.96. The van der Waals surface area contributed by atoms with Crippen LogP contribution in [-0.4, -0.2) is 23.9 Å². The van der Waals surface area contributed by atoms with Crippen LogP contribution in [0.1, 0.15) is 20.3 Å². The van der Waals surface area contributed by atoms with E-state index in [1.807, 2.05) is 6.07 Å². The highest BCUT2D eigenvalue weighted by Gasteiger charge is 2.14. The number of nitrogens with zero attached hydrogens (tertiary/aromatic N) is 2. The Bertz CT molecular complexity index is 423. The van der Waals surface area contributed by atoms with Gasteiger partial charge in [-0.1, -0.05) is 25.4 Å². The van der Waals surface area contributed by atoms with Crippen molar-refractivity contribution in [1.82, 2.24) is 4.98 Å². The Morgan fingerprint density at radius 1 is 1.61 bits per heavy atom. The van der Waals surface area contributed by atoms with Crippen LogP contribution in [-0.2, 0) is 0 Å². The van der Waals surface area contributed by atoms with Crippen molar-refractivity contribution < 1.29 is 0 Å². The summed E-state index contributed by atoms with van der Waals surface area (Å²) in [6.45, 7) is 5.75. The lowest BCUT2D eigenvalue weighted by molar-refractivity contribution is 0.609. The van der Waals surface area contributed by atoms with Crippen molar-refractivity contribution in [2.75, 3.05) is 18.0 Å². The molecule has 6 heteroatoms. The van der Waals surface area contributed by atoms with Crippen LogP contribution >= 0.6 is 27.5 Å². The molecule has 4 nitrogen and oxygen atoms in total. The number of rotatable bonds is 6. The summed E-state index contributed by atoms with van der Waals surface area (Å²) < 4.78 is 0.854. The van der Waals surface area contributed by atoms with E-state index in [0.29, 0.717) is 23.9 Å². The van der Waals surface area contributed by atoms with Gasteiger partial charge >= 0.3 is 0 Å². The number of nitrogens with one attached hydrogen (secondary N) is 1. The van der Waals surface area contributed by atoms with Crippen molar-refractivity contribution in [1.29, 1.82) is 5.41 Å². The number of halogens is 2. The van der Waals surface area contributed by atoms with Gasteiger partial charge in [0.15, 0.2) is 0 Å². The fourth-order valence-electron chi connectivity index (χ4n) is 1.62. The first kappa shape index (κ1) is 15.2. The topological polar surface area (TPSA) is 66.0 Å². The number of anilines is 1. The summed E-state index contributed by atoms with van der Waals surface area (Å²) in [5.41, 5.74) is 5.41. The van der Waals surface area contributed by atoms with Gasteiger partial charge in [0.05, 0.1) is 10.9 Å². The minimum Gasteiger partial charge on any atom is -0.388 e. The molecule has 0 saturated heterocycles. The van der Waals surface area contributed by atoms with Crippen LogP contribution in [0.5, 0.6) is 0 Å². The highest BCUT2D eigenvalue weighted by atomic mass is 79.9. The summed E-state index contributed by atoms with van der Waals surface area (Å²) in [7, 11) is 0. The second-order valence-corrected chi connectivity index (χ2v) is 5.90. The molecule has 18 heavy (non-hydrogen) atoms. The summed E-state index contributed by atoms with van der Waals surface area (Å²) in [6, 6.07) is 1.82. The molecule has 0 saturated carbocycles. The normalized spacial score (nSPS) is 10.7. The van der Waals surface area contributed by atoms with E-state index < -0.39 is 0 Å². The third kappa shape index (κ3) is 4.82. The van der Waals surface area contributed by atoms with E-state index in [1.165, 1.54) is 0 Å². The molecule has 0 fully saturated rings. The fourth-order valence-corrected chi connectivity index (χ4v) is 2.37. The van der Waals surface area contributed by atoms with Gasteiger partial charge in [0.25, 0.3) is 0 Å². The Balaban J connectivity index is 2.89. The van der Waals surface area contributed by atoms with Crippen molar-refractivity contribution in [3.63, 3.8) is 0 Å². The fraction of sp³-hybridized carbons (Fsp3) is 0.500. The van der Waals surface area contributed by atoms with Gasteiger partial charge < -0.3 is 10.6 Å². The minimum atomic E-state index is 0.178. The van der Waals surface area contributed by atoms with Gasteiger partial charge in [0, 0.05) is 30.2 Å². The van der Waals surface area contributed by atoms with Crippen molar-refractivity contribution in [3.8, 4) is 0 Å². The Morgan fingerprint density at radius 2 is 2.28 bits per heavy atom. The van der Waals surface area contributed by atoms with E-state index >= 15 is 0 Å². The molecule has 1 rings (SSSR count). The van der Waals surface area contributed by atoms with E-state index in [2.05, 4.69) is 39.7 Å². The largest absolute Gasteiger partial charge is 0.388 e. The van der Waals surface area contributed by atoms with Crippen molar-refractivity contribution in [2.45, 2.75) is 20.3 Å². The quantitative estimate of drug-likeness (QED) is 0.620. The Morgan fingerprint density at radius 3 is 2.78 bits per heavy atom. The van der Waals surface area contributed by atoms with Gasteiger partial charge in [0.2, 0.25) is 0 Å². The molecule has 0 radical (unpaired) electrons. The zero-order chi connectivity index (χ0) is 13.7. The Kier molecular flexibility index (Phi) is 5.88. The predicted octanol–water partition coefficient (Wildman–Crippen LogP) is 3.29. The van der Waals surface area contributed by atoms with Crippen molar-refractivity contribution >= 4 is 39.2 Å². The van der Waals surface area contributed by atoms with Gasteiger partial charge in [0.1, 0.15) is 5.82 Å². The van der Waals surface area contributed by atoms with Crippen LogP contribution in [0.15, 0.2) is 16.7 Å². The summed E-state index contributed by atoms with van der Waals surface area (Å²) in [6.07, 6.45) is 2.24. The number of amidine groups is 1. The average molecular weight is 334 g/mol. The first-order valence-electron chi connectivity index (χ1n) is 5.79. The van der Waals surface area contributed by atoms with Crippen LogP contribution in [0.2, 0.25) is 5.02 Å². The zero-order valence-corrected chi connectivity index (χ0v) is 12.9. The lowest BCUT2D eigenvalue weighted by Crippen LogP contribution is -2.32. The van der Waals surface area contributed by atoms with E-state index in [9.17, 15) is 0 Å².